The molecule has 0 unspecified atom stereocenters. The van der Waals surface area contributed by atoms with Crippen molar-refractivity contribution in [2.75, 3.05) is 5.32 Å². The molecule has 6 nitrogen and oxygen atoms in total. The van der Waals surface area contributed by atoms with Crippen molar-refractivity contribution < 1.29 is 9.32 Å². The number of hydrogen-bond acceptors (Lipinski definition) is 4. The van der Waals surface area contributed by atoms with Gasteiger partial charge in [0.1, 0.15) is 0 Å². The van der Waals surface area contributed by atoms with Gasteiger partial charge in [0, 0.05) is 25.0 Å². The summed E-state index contributed by atoms with van der Waals surface area (Å²) < 4.78 is 4.72. The summed E-state index contributed by atoms with van der Waals surface area (Å²) in [5.74, 6) is 0.312. The Morgan fingerprint density at radius 2 is 2.06 bits per heavy atom. The number of anilines is 1. The average molecular weight is 218 g/mol. The van der Waals surface area contributed by atoms with Gasteiger partial charge in [-0.1, -0.05) is 5.16 Å². The van der Waals surface area contributed by atoms with E-state index in [1.54, 1.807) is 18.5 Å². The van der Waals surface area contributed by atoms with Crippen LogP contribution in [0.25, 0.3) is 0 Å². The van der Waals surface area contributed by atoms with Gasteiger partial charge < -0.3 is 9.84 Å². The molecule has 2 aromatic heterocycles. The number of amides is 2. The van der Waals surface area contributed by atoms with E-state index in [2.05, 4.69) is 20.8 Å². The molecule has 0 aromatic carbocycles. The number of rotatable bonds is 3. The summed E-state index contributed by atoms with van der Waals surface area (Å²) in [4.78, 5) is 15.2. The number of pyridine rings is 1. The second-order valence-corrected chi connectivity index (χ2v) is 3.04. The minimum atomic E-state index is -0.339. The highest BCUT2D eigenvalue weighted by molar-refractivity contribution is 5.87. The van der Waals surface area contributed by atoms with Crippen LogP contribution < -0.4 is 10.6 Å². The minimum absolute atomic E-state index is 0.312. The lowest BCUT2D eigenvalue weighted by Crippen LogP contribution is -2.27. The van der Waals surface area contributed by atoms with E-state index in [0.29, 0.717) is 12.4 Å². The van der Waals surface area contributed by atoms with E-state index in [1.807, 2.05) is 12.1 Å². The maximum absolute atomic E-state index is 11.4. The Morgan fingerprint density at radius 1 is 1.25 bits per heavy atom. The van der Waals surface area contributed by atoms with Gasteiger partial charge in [-0.3, -0.25) is 10.3 Å². The normalized spacial score (nSPS) is 9.75. The molecule has 82 valence electrons. The number of carbonyl (C=O) groups is 1. The third-order valence-electron chi connectivity index (χ3n) is 1.88. The van der Waals surface area contributed by atoms with Crippen molar-refractivity contribution in [2.24, 2.45) is 0 Å². The molecule has 0 atom stereocenters. The summed E-state index contributed by atoms with van der Waals surface area (Å²) in [5.41, 5.74) is 0.975. The zero-order valence-electron chi connectivity index (χ0n) is 8.38. The van der Waals surface area contributed by atoms with E-state index < -0.39 is 0 Å². The summed E-state index contributed by atoms with van der Waals surface area (Å²) in [5, 5.41) is 8.64. The molecule has 16 heavy (non-hydrogen) atoms. The molecule has 0 spiro atoms. The molecule has 0 aliphatic carbocycles. The van der Waals surface area contributed by atoms with Gasteiger partial charge in [-0.15, -0.1) is 0 Å². The number of nitrogens with one attached hydrogen (secondary N) is 2. The molecule has 0 aliphatic heterocycles. The number of aromatic nitrogens is 2. The predicted molar refractivity (Wildman–Crippen MR) is 56.6 cm³/mol. The first-order valence-electron chi connectivity index (χ1n) is 4.69. The van der Waals surface area contributed by atoms with Crippen LogP contribution >= 0.6 is 0 Å². The van der Waals surface area contributed by atoms with Crippen molar-refractivity contribution in [1.29, 1.82) is 0 Å². The first-order chi connectivity index (χ1) is 7.84. The van der Waals surface area contributed by atoms with Crippen LogP contribution in [0, 0.1) is 0 Å². The van der Waals surface area contributed by atoms with Gasteiger partial charge in [-0.2, -0.15) is 0 Å². The molecule has 2 heterocycles. The molecule has 0 bridgehead atoms. The molecule has 2 rings (SSSR count). The molecule has 0 radical (unpaired) electrons. The lowest BCUT2D eigenvalue weighted by molar-refractivity contribution is 0.251. The van der Waals surface area contributed by atoms with E-state index in [-0.39, 0.29) is 6.03 Å². The van der Waals surface area contributed by atoms with Crippen LogP contribution in [0.15, 0.2) is 41.3 Å². The quantitative estimate of drug-likeness (QED) is 0.815. The minimum Gasteiger partial charge on any atom is -0.338 e. The highest BCUT2D eigenvalue weighted by atomic mass is 16.5. The van der Waals surface area contributed by atoms with Crippen molar-refractivity contribution in [2.45, 2.75) is 6.54 Å². The zero-order chi connectivity index (χ0) is 11.2. The molecule has 6 heteroatoms. The lowest BCUT2D eigenvalue weighted by Gasteiger charge is -2.04. The number of nitrogens with zero attached hydrogens (tertiary/aromatic N) is 2. The summed E-state index contributed by atoms with van der Waals surface area (Å²) in [6.07, 6.45) is 4.80. The molecule has 2 aromatic rings. The fourth-order valence-corrected chi connectivity index (χ4v) is 1.12. The van der Waals surface area contributed by atoms with Crippen molar-refractivity contribution in [3.05, 3.63) is 42.4 Å². The van der Waals surface area contributed by atoms with E-state index in [0.717, 1.165) is 5.56 Å². The molecular weight excluding hydrogens is 208 g/mol. The average Bonchev–Trinajstić information content (AvgIpc) is 2.81. The predicted octanol–water partition coefficient (Wildman–Crippen LogP) is 1.39. The van der Waals surface area contributed by atoms with Crippen LogP contribution in [0.3, 0.4) is 0 Å². The van der Waals surface area contributed by atoms with Gasteiger partial charge in [0.2, 0.25) is 5.88 Å². The molecule has 0 fully saturated rings. The number of urea groups is 1. The Morgan fingerprint density at radius 3 is 2.75 bits per heavy atom. The molecule has 0 saturated carbocycles. The molecule has 2 amide bonds. The lowest BCUT2D eigenvalue weighted by atomic mass is 10.3. The Labute approximate surface area is 91.7 Å². The van der Waals surface area contributed by atoms with E-state index in [4.69, 9.17) is 4.52 Å². The Balaban J connectivity index is 1.80. The van der Waals surface area contributed by atoms with Crippen LogP contribution in [-0.2, 0) is 6.54 Å². The highest BCUT2D eigenvalue weighted by Gasteiger charge is 2.03. The van der Waals surface area contributed by atoms with Crippen LogP contribution in [0.4, 0.5) is 10.7 Å². The van der Waals surface area contributed by atoms with E-state index in [9.17, 15) is 4.79 Å². The van der Waals surface area contributed by atoms with Gasteiger partial charge in [0.25, 0.3) is 0 Å². The number of hydrogen-bond donors (Lipinski definition) is 2. The summed E-state index contributed by atoms with van der Waals surface area (Å²) >= 11 is 0. The van der Waals surface area contributed by atoms with Gasteiger partial charge in [0.15, 0.2) is 0 Å². The summed E-state index contributed by atoms with van der Waals surface area (Å²) in [6, 6.07) is 4.88. The van der Waals surface area contributed by atoms with Crippen molar-refractivity contribution in [3.8, 4) is 0 Å². The third kappa shape index (κ3) is 2.81. The maximum atomic E-state index is 11.4. The molecule has 0 aliphatic rings. The molecule has 0 saturated heterocycles. The van der Waals surface area contributed by atoms with Crippen molar-refractivity contribution in [1.82, 2.24) is 15.5 Å². The first-order valence-corrected chi connectivity index (χ1v) is 4.69. The van der Waals surface area contributed by atoms with Gasteiger partial charge in [-0.05, 0) is 17.7 Å². The highest BCUT2D eigenvalue weighted by Crippen LogP contribution is 2.03. The maximum Gasteiger partial charge on any atom is 0.321 e. The van der Waals surface area contributed by atoms with Crippen LogP contribution in [0.2, 0.25) is 0 Å². The van der Waals surface area contributed by atoms with E-state index >= 15 is 0 Å². The monoisotopic (exact) mass is 218 g/mol. The molecule has 2 N–H and O–H groups in total. The van der Waals surface area contributed by atoms with Crippen LogP contribution in [0.1, 0.15) is 5.56 Å². The first kappa shape index (κ1) is 10.2. The Hall–Kier alpha value is -2.37. The standard InChI is InChI=1S/C10H10N4O2/c15-10(14-9-3-6-13-16-9)12-7-8-1-4-11-5-2-8/h1-6H,7H2,(H2,12,14,15). The second-order valence-electron chi connectivity index (χ2n) is 3.04. The fourth-order valence-electron chi connectivity index (χ4n) is 1.12. The summed E-state index contributed by atoms with van der Waals surface area (Å²) in [6.45, 7) is 0.433. The van der Waals surface area contributed by atoms with Crippen LogP contribution in [0.5, 0.6) is 0 Å². The summed E-state index contributed by atoms with van der Waals surface area (Å²) in [7, 11) is 0. The Bertz CT molecular complexity index is 441. The van der Waals surface area contributed by atoms with Gasteiger partial charge in [-0.25, -0.2) is 4.79 Å². The van der Waals surface area contributed by atoms with E-state index in [1.165, 1.54) is 6.20 Å². The van der Waals surface area contributed by atoms with Crippen molar-refractivity contribution >= 4 is 11.9 Å². The topological polar surface area (TPSA) is 80.0 Å². The fraction of sp³-hybridized carbons (Fsp3) is 0.100. The van der Waals surface area contributed by atoms with Gasteiger partial charge >= 0.3 is 6.03 Å². The van der Waals surface area contributed by atoms with Gasteiger partial charge in [0.05, 0.1) is 6.20 Å². The largest absolute Gasteiger partial charge is 0.338 e. The second kappa shape index (κ2) is 4.92. The smallest absolute Gasteiger partial charge is 0.321 e. The zero-order valence-corrected chi connectivity index (χ0v) is 8.38. The number of carbonyl (C=O) groups excluding carboxylic acids is 1. The SMILES string of the molecule is O=C(NCc1ccncc1)Nc1ccno1. The van der Waals surface area contributed by atoms with Crippen LogP contribution in [-0.4, -0.2) is 16.2 Å². The Kier molecular flexibility index (Phi) is 3.12. The van der Waals surface area contributed by atoms with Crippen molar-refractivity contribution in [3.63, 3.8) is 0 Å². The molecular formula is C10H10N4O2. The third-order valence-corrected chi connectivity index (χ3v) is 1.88.